The Bertz CT molecular complexity index is 501. The summed E-state index contributed by atoms with van der Waals surface area (Å²) in [5.41, 5.74) is 5.91. The van der Waals surface area contributed by atoms with Crippen LogP contribution in [-0.4, -0.2) is 36.0 Å². The Hall–Kier alpha value is -1.62. The molecule has 1 heterocycles. The number of rotatable bonds is 3. The SMILES string of the molecule is Nc1cc(C(=O)NC2CCN(C3CC3)C2)ccc1F. The third-order valence-electron chi connectivity index (χ3n) is 3.88. The van der Waals surface area contributed by atoms with Gasteiger partial charge in [-0.1, -0.05) is 0 Å². The minimum absolute atomic E-state index is 0.0127. The Morgan fingerprint density at radius 3 is 2.84 bits per heavy atom. The summed E-state index contributed by atoms with van der Waals surface area (Å²) in [7, 11) is 0. The lowest BCUT2D eigenvalue weighted by Gasteiger charge is -2.16. The number of benzene rings is 1. The van der Waals surface area contributed by atoms with Crippen molar-refractivity contribution in [3.63, 3.8) is 0 Å². The number of nitrogens with zero attached hydrogens (tertiary/aromatic N) is 1. The highest BCUT2D eigenvalue weighted by Crippen LogP contribution is 2.29. The van der Waals surface area contributed by atoms with Gasteiger partial charge in [0.2, 0.25) is 0 Å². The van der Waals surface area contributed by atoms with Crippen molar-refractivity contribution in [1.29, 1.82) is 0 Å². The van der Waals surface area contributed by atoms with E-state index < -0.39 is 5.82 Å². The molecule has 1 aromatic rings. The number of nitrogens with one attached hydrogen (secondary N) is 1. The van der Waals surface area contributed by atoms with Crippen molar-refractivity contribution in [2.45, 2.75) is 31.3 Å². The van der Waals surface area contributed by atoms with Gasteiger partial charge in [-0.3, -0.25) is 9.69 Å². The maximum absolute atomic E-state index is 13.1. The minimum atomic E-state index is -0.489. The predicted octanol–water partition coefficient (Wildman–Crippen LogP) is 1.37. The Balaban J connectivity index is 1.60. The molecular formula is C14H18FN3O. The molecule has 1 aromatic carbocycles. The first kappa shape index (κ1) is 12.4. The lowest BCUT2D eigenvalue weighted by atomic mass is 10.1. The van der Waals surface area contributed by atoms with E-state index in [0.717, 1.165) is 25.6 Å². The van der Waals surface area contributed by atoms with Crippen LogP contribution in [0.25, 0.3) is 0 Å². The van der Waals surface area contributed by atoms with Crippen LogP contribution in [0.3, 0.4) is 0 Å². The van der Waals surface area contributed by atoms with Crippen LogP contribution in [0, 0.1) is 5.82 Å². The van der Waals surface area contributed by atoms with E-state index in [1.807, 2.05) is 0 Å². The average Bonchev–Trinajstić information content (AvgIpc) is 3.14. The van der Waals surface area contributed by atoms with Crippen molar-refractivity contribution >= 4 is 11.6 Å². The zero-order valence-corrected chi connectivity index (χ0v) is 10.7. The molecule has 1 amide bonds. The van der Waals surface area contributed by atoms with Crippen LogP contribution in [0.2, 0.25) is 0 Å². The Morgan fingerprint density at radius 2 is 2.16 bits per heavy atom. The van der Waals surface area contributed by atoms with Crippen LogP contribution in [0.1, 0.15) is 29.6 Å². The van der Waals surface area contributed by atoms with Crippen LogP contribution in [-0.2, 0) is 0 Å². The number of likely N-dealkylation sites (tertiary alicyclic amines) is 1. The summed E-state index contributed by atoms with van der Waals surface area (Å²) in [6.45, 7) is 1.98. The van der Waals surface area contributed by atoms with Crippen molar-refractivity contribution in [3.05, 3.63) is 29.6 Å². The van der Waals surface area contributed by atoms with E-state index in [0.29, 0.717) is 5.56 Å². The molecule has 1 saturated carbocycles. The summed E-state index contributed by atoms with van der Waals surface area (Å²) in [6, 6.07) is 5.02. The van der Waals surface area contributed by atoms with Gasteiger partial charge in [0.1, 0.15) is 5.82 Å². The molecule has 1 atom stereocenters. The molecule has 3 N–H and O–H groups in total. The molecule has 0 aromatic heterocycles. The second-order valence-electron chi connectivity index (χ2n) is 5.42. The Kier molecular flexibility index (Phi) is 3.14. The number of amides is 1. The molecule has 3 rings (SSSR count). The van der Waals surface area contributed by atoms with Crippen LogP contribution in [0.4, 0.5) is 10.1 Å². The van der Waals surface area contributed by atoms with Crippen LogP contribution < -0.4 is 11.1 Å². The number of nitrogen functional groups attached to an aromatic ring is 1. The number of hydrogen-bond acceptors (Lipinski definition) is 3. The largest absolute Gasteiger partial charge is 0.396 e. The van der Waals surface area contributed by atoms with Crippen molar-refractivity contribution < 1.29 is 9.18 Å². The highest BCUT2D eigenvalue weighted by atomic mass is 19.1. The second-order valence-corrected chi connectivity index (χ2v) is 5.42. The third kappa shape index (κ3) is 2.71. The molecule has 1 aliphatic heterocycles. The summed E-state index contributed by atoms with van der Waals surface area (Å²) in [5, 5.41) is 3.00. The molecule has 19 heavy (non-hydrogen) atoms. The summed E-state index contributed by atoms with van der Waals surface area (Å²) in [6.07, 6.45) is 3.56. The molecule has 1 aliphatic carbocycles. The maximum atomic E-state index is 13.1. The second kappa shape index (κ2) is 4.81. The predicted molar refractivity (Wildman–Crippen MR) is 71.3 cm³/mol. The van der Waals surface area contributed by atoms with Gasteiger partial charge in [0, 0.05) is 30.7 Å². The molecular weight excluding hydrogens is 245 g/mol. The highest BCUT2D eigenvalue weighted by Gasteiger charge is 2.34. The number of hydrogen-bond donors (Lipinski definition) is 2. The molecule has 1 unspecified atom stereocenters. The van der Waals surface area contributed by atoms with Gasteiger partial charge in [-0.25, -0.2) is 4.39 Å². The van der Waals surface area contributed by atoms with Crippen LogP contribution >= 0.6 is 0 Å². The number of halogens is 1. The molecule has 1 saturated heterocycles. The fourth-order valence-electron chi connectivity index (χ4n) is 2.63. The van der Waals surface area contributed by atoms with Gasteiger partial charge in [0.05, 0.1) is 5.69 Å². The standard InChI is InChI=1S/C14H18FN3O/c15-12-4-1-9(7-13(12)16)14(19)17-10-5-6-18(8-10)11-2-3-11/h1,4,7,10-11H,2-3,5-6,8,16H2,(H,17,19). The van der Waals surface area contributed by atoms with E-state index in [-0.39, 0.29) is 17.6 Å². The Morgan fingerprint density at radius 1 is 1.37 bits per heavy atom. The summed E-state index contributed by atoms with van der Waals surface area (Å²) in [4.78, 5) is 14.5. The molecule has 5 heteroatoms. The Labute approximate surface area is 111 Å². The lowest BCUT2D eigenvalue weighted by molar-refractivity contribution is 0.0937. The van der Waals surface area contributed by atoms with Gasteiger partial charge in [-0.2, -0.15) is 0 Å². The zero-order chi connectivity index (χ0) is 13.4. The van der Waals surface area contributed by atoms with E-state index in [1.165, 1.54) is 31.0 Å². The highest BCUT2D eigenvalue weighted by molar-refractivity contribution is 5.95. The van der Waals surface area contributed by atoms with Gasteiger partial charge < -0.3 is 11.1 Å². The number of nitrogens with two attached hydrogens (primary N) is 1. The quantitative estimate of drug-likeness (QED) is 0.810. The number of anilines is 1. The smallest absolute Gasteiger partial charge is 0.251 e. The summed E-state index contributed by atoms with van der Waals surface area (Å²) in [5.74, 6) is -0.660. The van der Waals surface area contributed by atoms with Gasteiger partial charge in [-0.05, 0) is 37.5 Å². The van der Waals surface area contributed by atoms with Crippen molar-refractivity contribution in [3.8, 4) is 0 Å². The van der Waals surface area contributed by atoms with Crippen molar-refractivity contribution in [2.75, 3.05) is 18.8 Å². The van der Waals surface area contributed by atoms with E-state index in [2.05, 4.69) is 10.2 Å². The summed E-state index contributed by atoms with van der Waals surface area (Å²) >= 11 is 0. The van der Waals surface area contributed by atoms with Gasteiger partial charge in [-0.15, -0.1) is 0 Å². The first-order valence-corrected chi connectivity index (χ1v) is 6.73. The van der Waals surface area contributed by atoms with E-state index in [1.54, 1.807) is 0 Å². The molecule has 2 fully saturated rings. The first-order chi connectivity index (χ1) is 9.13. The maximum Gasteiger partial charge on any atom is 0.251 e. The van der Waals surface area contributed by atoms with Crippen molar-refractivity contribution in [2.24, 2.45) is 0 Å². The summed E-state index contributed by atoms with van der Waals surface area (Å²) < 4.78 is 13.1. The molecule has 102 valence electrons. The fraction of sp³-hybridized carbons (Fsp3) is 0.500. The van der Waals surface area contributed by atoms with Crippen molar-refractivity contribution in [1.82, 2.24) is 10.2 Å². The lowest BCUT2D eigenvalue weighted by Crippen LogP contribution is -2.37. The molecule has 4 nitrogen and oxygen atoms in total. The number of carbonyl (C=O) groups is 1. The third-order valence-corrected chi connectivity index (χ3v) is 3.88. The van der Waals surface area contributed by atoms with E-state index >= 15 is 0 Å². The van der Waals surface area contributed by atoms with Gasteiger partial charge in [0.15, 0.2) is 0 Å². The first-order valence-electron chi connectivity index (χ1n) is 6.73. The molecule has 0 radical (unpaired) electrons. The fourth-order valence-corrected chi connectivity index (χ4v) is 2.63. The van der Waals surface area contributed by atoms with E-state index in [9.17, 15) is 9.18 Å². The topological polar surface area (TPSA) is 58.4 Å². The monoisotopic (exact) mass is 263 g/mol. The molecule has 0 bridgehead atoms. The average molecular weight is 263 g/mol. The number of carbonyl (C=O) groups excluding carboxylic acids is 1. The van der Waals surface area contributed by atoms with E-state index in [4.69, 9.17) is 5.73 Å². The van der Waals surface area contributed by atoms with Crippen LogP contribution in [0.15, 0.2) is 18.2 Å². The van der Waals surface area contributed by atoms with Gasteiger partial charge >= 0.3 is 0 Å². The zero-order valence-electron chi connectivity index (χ0n) is 10.7. The normalized spacial score (nSPS) is 23.5. The van der Waals surface area contributed by atoms with Crippen LogP contribution in [0.5, 0.6) is 0 Å². The molecule has 0 spiro atoms. The minimum Gasteiger partial charge on any atom is -0.396 e. The van der Waals surface area contributed by atoms with Gasteiger partial charge in [0.25, 0.3) is 5.91 Å². The molecule has 2 aliphatic rings.